The molecule has 11 heteroatoms. The highest BCUT2D eigenvalue weighted by Gasteiger charge is 2.38. The molecule has 0 bridgehead atoms. The first-order valence-corrected chi connectivity index (χ1v) is 8.74. The number of alkyl halides is 6. The summed E-state index contributed by atoms with van der Waals surface area (Å²) in [6.07, 6.45) is -5.95. The maximum Gasteiger partial charge on any atom is 0.416 e. The number of anilines is 1. The number of hydrazone groups is 1. The minimum atomic E-state index is -4.96. The topological polar surface area (TPSA) is 60.8 Å². The van der Waals surface area contributed by atoms with Gasteiger partial charge in [0.2, 0.25) is 0 Å². The summed E-state index contributed by atoms with van der Waals surface area (Å²) in [5.74, 6) is 2.43. The molecule has 0 aliphatic carbocycles. The van der Waals surface area contributed by atoms with Gasteiger partial charge in [-0.1, -0.05) is 18.1 Å². The Hall–Kier alpha value is -3.68. The van der Waals surface area contributed by atoms with Gasteiger partial charge in [0.15, 0.2) is 5.84 Å². The first-order valence-electron chi connectivity index (χ1n) is 8.74. The molecule has 0 amide bonds. The second kappa shape index (κ2) is 8.22. The van der Waals surface area contributed by atoms with Gasteiger partial charge in [-0.15, -0.1) is 6.42 Å². The van der Waals surface area contributed by atoms with E-state index in [1.807, 2.05) is 0 Å². The number of amidine groups is 1. The monoisotopic (exact) mass is 439 g/mol. The van der Waals surface area contributed by atoms with E-state index >= 15 is 0 Å². The van der Waals surface area contributed by atoms with Gasteiger partial charge in [-0.3, -0.25) is 5.43 Å². The molecule has 0 aromatic heterocycles. The third-order valence-electron chi connectivity index (χ3n) is 4.27. The molecular formula is C20H15F6N5. The molecule has 0 fully saturated rings. The molecule has 1 heterocycles. The minimum Gasteiger partial charge on any atom is -0.359 e. The SMILES string of the molecule is C#C/C(C)=N\NNC1=NC(c2cc(C(F)(F)F)cc(C(F)(F)F)c2)Nc2ccccc21. The lowest BCUT2D eigenvalue weighted by atomic mass is 10.0. The Kier molecular flexibility index (Phi) is 5.83. The van der Waals surface area contributed by atoms with Crippen molar-refractivity contribution in [2.45, 2.75) is 25.4 Å². The van der Waals surface area contributed by atoms with E-state index in [1.165, 1.54) is 0 Å². The van der Waals surface area contributed by atoms with Crippen LogP contribution in [0.15, 0.2) is 52.6 Å². The van der Waals surface area contributed by atoms with Crippen molar-refractivity contribution in [1.82, 2.24) is 11.0 Å². The molecule has 3 N–H and O–H groups in total. The summed E-state index contributed by atoms with van der Waals surface area (Å²) in [5, 5.41) is 6.67. The molecule has 1 atom stereocenters. The van der Waals surface area contributed by atoms with Gasteiger partial charge in [-0.05, 0) is 42.8 Å². The molecule has 1 aliphatic rings. The van der Waals surface area contributed by atoms with Gasteiger partial charge in [0.25, 0.3) is 0 Å². The van der Waals surface area contributed by atoms with Gasteiger partial charge < -0.3 is 5.32 Å². The van der Waals surface area contributed by atoms with Gasteiger partial charge in [0, 0.05) is 11.3 Å². The Bertz CT molecular complexity index is 1050. The number of aliphatic imine (C=N–C) groups is 1. The van der Waals surface area contributed by atoms with Crippen LogP contribution in [-0.4, -0.2) is 11.5 Å². The third-order valence-corrected chi connectivity index (χ3v) is 4.27. The molecule has 1 unspecified atom stereocenters. The number of hydrogen-bond acceptors (Lipinski definition) is 5. The summed E-state index contributed by atoms with van der Waals surface area (Å²) >= 11 is 0. The van der Waals surface area contributed by atoms with E-state index in [9.17, 15) is 26.3 Å². The van der Waals surface area contributed by atoms with Crippen molar-refractivity contribution in [3.8, 4) is 12.3 Å². The summed E-state index contributed by atoms with van der Waals surface area (Å²) < 4.78 is 79.3. The average molecular weight is 439 g/mol. The Morgan fingerprint density at radius 2 is 1.68 bits per heavy atom. The zero-order chi connectivity index (χ0) is 22.8. The summed E-state index contributed by atoms with van der Waals surface area (Å²) in [6, 6.07) is 7.98. The molecule has 0 radical (unpaired) electrons. The zero-order valence-electron chi connectivity index (χ0n) is 15.9. The van der Waals surface area contributed by atoms with Crippen LogP contribution in [0.3, 0.4) is 0 Å². The predicted octanol–water partition coefficient (Wildman–Crippen LogP) is 4.70. The minimum absolute atomic E-state index is 0.0714. The molecule has 162 valence electrons. The second-order valence-corrected chi connectivity index (χ2v) is 6.49. The zero-order valence-corrected chi connectivity index (χ0v) is 15.9. The van der Waals surface area contributed by atoms with Gasteiger partial charge >= 0.3 is 12.4 Å². The normalized spacial score (nSPS) is 16.5. The quantitative estimate of drug-likeness (QED) is 0.281. The van der Waals surface area contributed by atoms with Crippen molar-refractivity contribution < 1.29 is 26.3 Å². The standard InChI is InChI=1S/C20H15F6N5/c1-3-11(2)29-31-30-18-15-6-4-5-7-16(15)27-17(28-18)12-8-13(19(21,22)23)10-14(9-12)20(24,25)26/h1,4-10,17,27,31H,2H3,(H,28,30)/b29-11-. The fraction of sp³-hybridized carbons (Fsp3) is 0.200. The number of fused-ring (bicyclic) bond motifs is 1. The molecule has 5 nitrogen and oxygen atoms in total. The van der Waals surface area contributed by atoms with Crippen molar-refractivity contribution >= 4 is 17.2 Å². The van der Waals surface area contributed by atoms with Crippen LogP contribution in [0.4, 0.5) is 32.0 Å². The highest BCUT2D eigenvalue weighted by Crippen LogP contribution is 2.39. The van der Waals surface area contributed by atoms with Crippen LogP contribution in [0.25, 0.3) is 0 Å². The number of nitrogens with one attached hydrogen (secondary N) is 3. The maximum absolute atomic E-state index is 13.2. The van der Waals surface area contributed by atoms with Crippen LogP contribution in [0.2, 0.25) is 0 Å². The average Bonchev–Trinajstić information content (AvgIpc) is 2.71. The Morgan fingerprint density at radius 1 is 1.06 bits per heavy atom. The van der Waals surface area contributed by atoms with Crippen molar-refractivity contribution in [2.75, 3.05) is 5.32 Å². The van der Waals surface area contributed by atoms with Crippen LogP contribution in [0.1, 0.15) is 35.3 Å². The predicted molar refractivity (Wildman–Crippen MR) is 104 cm³/mol. The van der Waals surface area contributed by atoms with Crippen molar-refractivity contribution in [3.63, 3.8) is 0 Å². The van der Waals surface area contributed by atoms with E-state index in [2.05, 4.69) is 32.3 Å². The number of halogens is 6. The van der Waals surface area contributed by atoms with E-state index in [0.717, 1.165) is 0 Å². The first kappa shape index (κ1) is 22.0. The molecule has 0 saturated carbocycles. The Balaban J connectivity index is 2.06. The smallest absolute Gasteiger partial charge is 0.359 e. The fourth-order valence-electron chi connectivity index (χ4n) is 2.79. The summed E-state index contributed by atoms with van der Waals surface area (Å²) in [6.45, 7) is 1.55. The number of nitrogens with zero attached hydrogens (tertiary/aromatic N) is 2. The number of hydrazine groups is 1. The number of benzene rings is 2. The van der Waals surface area contributed by atoms with Gasteiger partial charge in [-0.25, -0.2) is 10.5 Å². The van der Waals surface area contributed by atoms with Crippen LogP contribution >= 0.6 is 0 Å². The van der Waals surface area contributed by atoms with Crippen molar-refractivity contribution in [2.24, 2.45) is 10.1 Å². The number of rotatable bonds is 3. The molecule has 2 aromatic rings. The number of terminal acetylenes is 1. The van der Waals surface area contributed by atoms with Gasteiger partial charge in [0.1, 0.15) is 11.9 Å². The lowest BCUT2D eigenvalue weighted by Crippen LogP contribution is -2.38. The summed E-state index contributed by atoms with van der Waals surface area (Å²) in [5.41, 5.74) is 3.27. The van der Waals surface area contributed by atoms with Crippen molar-refractivity contribution in [1.29, 1.82) is 0 Å². The van der Waals surface area contributed by atoms with E-state index in [4.69, 9.17) is 6.42 Å². The lowest BCUT2D eigenvalue weighted by Gasteiger charge is -2.27. The molecule has 0 spiro atoms. The van der Waals surface area contributed by atoms with Gasteiger partial charge in [-0.2, -0.15) is 31.4 Å². The molecule has 1 aliphatic heterocycles. The highest BCUT2D eigenvalue weighted by molar-refractivity contribution is 6.05. The summed E-state index contributed by atoms with van der Waals surface area (Å²) in [4.78, 5) is 4.24. The summed E-state index contributed by atoms with van der Waals surface area (Å²) in [7, 11) is 0. The van der Waals surface area contributed by atoms with E-state index in [-0.39, 0.29) is 17.5 Å². The molecule has 0 saturated heterocycles. The van der Waals surface area contributed by atoms with Crippen LogP contribution in [0.5, 0.6) is 0 Å². The maximum atomic E-state index is 13.2. The fourth-order valence-corrected chi connectivity index (χ4v) is 2.79. The lowest BCUT2D eigenvalue weighted by molar-refractivity contribution is -0.143. The largest absolute Gasteiger partial charge is 0.416 e. The van der Waals surface area contributed by atoms with Crippen molar-refractivity contribution in [3.05, 3.63) is 64.7 Å². The molecule has 2 aromatic carbocycles. The second-order valence-electron chi connectivity index (χ2n) is 6.49. The Labute approximate surface area is 173 Å². The van der Waals surface area contributed by atoms with Crippen LogP contribution < -0.4 is 16.3 Å². The van der Waals surface area contributed by atoms with Crippen LogP contribution in [0, 0.1) is 12.3 Å². The highest BCUT2D eigenvalue weighted by atomic mass is 19.4. The van der Waals surface area contributed by atoms with E-state index < -0.39 is 29.6 Å². The molecule has 3 rings (SSSR count). The number of hydrogen-bond donors (Lipinski definition) is 3. The van der Waals surface area contributed by atoms with E-state index in [0.29, 0.717) is 29.1 Å². The van der Waals surface area contributed by atoms with Crippen LogP contribution in [-0.2, 0) is 12.4 Å². The molecule has 31 heavy (non-hydrogen) atoms. The Morgan fingerprint density at radius 3 is 2.26 bits per heavy atom. The number of para-hydroxylation sites is 1. The molecular weight excluding hydrogens is 424 g/mol. The van der Waals surface area contributed by atoms with E-state index in [1.54, 1.807) is 31.2 Å². The first-order chi connectivity index (χ1) is 14.5. The van der Waals surface area contributed by atoms with Gasteiger partial charge in [0.05, 0.1) is 11.1 Å². The third kappa shape index (κ3) is 5.09.